The van der Waals surface area contributed by atoms with E-state index in [1.807, 2.05) is 41.9 Å². The topological polar surface area (TPSA) is 62.1 Å². The molecular weight excluding hydrogens is 416 g/mol. The van der Waals surface area contributed by atoms with Crippen LogP contribution in [0.4, 0.5) is 0 Å². The Morgan fingerprint density at radius 2 is 1.83 bits per heavy atom. The number of hydrogen-bond acceptors (Lipinski definition) is 7. The number of rotatable bonds is 7. The molecule has 2 heterocycles. The van der Waals surface area contributed by atoms with E-state index in [4.69, 9.17) is 14.5 Å². The van der Waals surface area contributed by atoms with Crippen LogP contribution in [0.5, 0.6) is 11.5 Å². The van der Waals surface area contributed by atoms with Crippen LogP contribution < -0.4 is 9.47 Å². The average Bonchev–Trinajstić information content (AvgIpc) is 3.38. The van der Waals surface area contributed by atoms with Crippen molar-refractivity contribution in [1.29, 1.82) is 0 Å². The number of nitrogens with zero attached hydrogens (tertiary/aromatic N) is 4. The van der Waals surface area contributed by atoms with Crippen molar-refractivity contribution in [2.45, 2.75) is 17.8 Å². The van der Waals surface area contributed by atoms with Crippen LogP contribution in [0.25, 0.3) is 22.0 Å². The molecule has 2 aromatic heterocycles. The normalized spacial score (nSPS) is 10.9. The Morgan fingerprint density at radius 1 is 1.03 bits per heavy atom. The van der Waals surface area contributed by atoms with E-state index in [0.29, 0.717) is 11.5 Å². The van der Waals surface area contributed by atoms with Gasteiger partial charge in [0.25, 0.3) is 0 Å². The van der Waals surface area contributed by atoms with Gasteiger partial charge in [-0.1, -0.05) is 36.0 Å². The first-order chi connectivity index (χ1) is 14.6. The summed E-state index contributed by atoms with van der Waals surface area (Å²) in [4.78, 5) is 4.80. The summed E-state index contributed by atoms with van der Waals surface area (Å²) in [5, 5.41) is 12.7. The van der Waals surface area contributed by atoms with Gasteiger partial charge >= 0.3 is 0 Å². The summed E-state index contributed by atoms with van der Waals surface area (Å²) in [5.41, 5.74) is 4.39. The van der Waals surface area contributed by atoms with Crippen LogP contribution in [0, 0.1) is 6.92 Å². The average molecular weight is 439 g/mol. The molecule has 4 rings (SSSR count). The van der Waals surface area contributed by atoms with E-state index >= 15 is 0 Å². The maximum atomic E-state index is 5.40. The molecule has 30 heavy (non-hydrogen) atoms. The zero-order chi connectivity index (χ0) is 21.1. The molecule has 8 heteroatoms. The van der Waals surface area contributed by atoms with Gasteiger partial charge in [-0.2, -0.15) is 0 Å². The van der Waals surface area contributed by atoms with Gasteiger partial charge < -0.3 is 14.0 Å². The van der Waals surface area contributed by atoms with Crippen molar-refractivity contribution in [3.05, 3.63) is 59.1 Å². The molecule has 4 aromatic rings. The molecule has 154 valence electrons. The van der Waals surface area contributed by atoms with Crippen molar-refractivity contribution in [2.24, 2.45) is 7.05 Å². The lowest BCUT2D eigenvalue weighted by atomic mass is 10.1. The predicted molar refractivity (Wildman–Crippen MR) is 121 cm³/mol. The molecule has 6 nitrogen and oxygen atoms in total. The molecule has 0 amide bonds. The van der Waals surface area contributed by atoms with Crippen molar-refractivity contribution in [3.63, 3.8) is 0 Å². The number of aromatic nitrogens is 4. The summed E-state index contributed by atoms with van der Waals surface area (Å²) in [6.45, 7) is 2.11. The summed E-state index contributed by atoms with van der Waals surface area (Å²) < 4.78 is 12.7. The van der Waals surface area contributed by atoms with Crippen LogP contribution in [-0.2, 0) is 12.8 Å². The third-order valence-corrected chi connectivity index (χ3v) is 6.73. The van der Waals surface area contributed by atoms with E-state index in [1.54, 1.807) is 37.3 Å². The van der Waals surface area contributed by atoms with Gasteiger partial charge in [0.1, 0.15) is 5.01 Å². The molecule has 0 saturated heterocycles. The first-order valence-corrected chi connectivity index (χ1v) is 11.2. The molecule has 0 unspecified atom stereocenters. The fraction of sp³-hybridized carbons (Fsp3) is 0.227. The molecule has 0 aliphatic heterocycles. The summed E-state index contributed by atoms with van der Waals surface area (Å²) >= 11 is 3.30. The fourth-order valence-corrected chi connectivity index (χ4v) is 4.93. The molecule has 0 N–H and O–H groups in total. The van der Waals surface area contributed by atoms with Crippen LogP contribution in [0.2, 0.25) is 0 Å². The highest BCUT2D eigenvalue weighted by Crippen LogP contribution is 2.33. The van der Waals surface area contributed by atoms with Crippen LogP contribution in [0.3, 0.4) is 0 Å². The van der Waals surface area contributed by atoms with E-state index in [2.05, 4.69) is 34.6 Å². The Kier molecular flexibility index (Phi) is 6.06. The van der Waals surface area contributed by atoms with Crippen molar-refractivity contribution in [1.82, 2.24) is 19.7 Å². The monoisotopic (exact) mass is 438 g/mol. The molecule has 0 fully saturated rings. The molecule has 0 bridgehead atoms. The highest BCUT2D eigenvalue weighted by Gasteiger charge is 2.15. The Labute approximate surface area is 183 Å². The molecule has 2 aromatic carbocycles. The highest BCUT2D eigenvalue weighted by molar-refractivity contribution is 7.98. The summed E-state index contributed by atoms with van der Waals surface area (Å²) in [6, 6.07) is 14.1. The Hall–Kier alpha value is -2.84. The van der Waals surface area contributed by atoms with Crippen molar-refractivity contribution in [2.75, 3.05) is 14.2 Å². The minimum Gasteiger partial charge on any atom is -0.493 e. The van der Waals surface area contributed by atoms with Gasteiger partial charge in [0, 0.05) is 29.3 Å². The third-order valence-electron chi connectivity index (χ3n) is 4.75. The fourth-order valence-electron chi connectivity index (χ4n) is 3.12. The molecule has 0 saturated carbocycles. The lowest BCUT2D eigenvalue weighted by Gasteiger charge is -2.09. The van der Waals surface area contributed by atoms with Crippen molar-refractivity contribution < 1.29 is 9.47 Å². The van der Waals surface area contributed by atoms with Gasteiger partial charge in [-0.05, 0) is 30.7 Å². The smallest absolute Gasteiger partial charge is 0.191 e. The lowest BCUT2D eigenvalue weighted by molar-refractivity contribution is 0.355. The van der Waals surface area contributed by atoms with Gasteiger partial charge in [-0.15, -0.1) is 21.5 Å². The predicted octanol–water partition coefficient (Wildman–Crippen LogP) is 5.22. The summed E-state index contributed by atoms with van der Waals surface area (Å²) in [6.07, 6.45) is 0. The van der Waals surface area contributed by atoms with E-state index in [1.165, 1.54) is 11.1 Å². The van der Waals surface area contributed by atoms with Gasteiger partial charge in [0.15, 0.2) is 22.5 Å². The second kappa shape index (κ2) is 8.89. The summed E-state index contributed by atoms with van der Waals surface area (Å²) in [5.74, 6) is 2.86. The van der Waals surface area contributed by atoms with Gasteiger partial charge in [0.2, 0.25) is 0 Å². The minimum atomic E-state index is 0.665. The number of hydrogen-bond donors (Lipinski definition) is 0. The molecule has 0 aliphatic rings. The Bertz CT molecular complexity index is 1170. The van der Waals surface area contributed by atoms with Crippen LogP contribution in [0.15, 0.2) is 53.0 Å². The molecule has 0 radical (unpaired) electrons. The van der Waals surface area contributed by atoms with E-state index < -0.39 is 0 Å². The second-order valence-corrected chi connectivity index (χ2v) is 8.48. The van der Waals surface area contributed by atoms with Gasteiger partial charge in [-0.25, -0.2) is 4.98 Å². The highest BCUT2D eigenvalue weighted by atomic mass is 32.2. The first kappa shape index (κ1) is 20.4. The SMILES string of the molecule is COc1ccc(-c2nnc(SCc3csc(-c4ccccc4C)n3)n2C)cc1OC. The van der Waals surface area contributed by atoms with Crippen LogP contribution in [0.1, 0.15) is 11.3 Å². The number of ether oxygens (including phenoxy) is 2. The molecule has 0 atom stereocenters. The van der Waals surface area contributed by atoms with Crippen LogP contribution >= 0.6 is 23.1 Å². The Morgan fingerprint density at radius 3 is 2.60 bits per heavy atom. The standard InChI is InChI=1S/C22H22N4O2S2/c1-14-7-5-6-8-17(14)21-23-16(12-29-21)13-30-22-25-24-20(26(22)2)15-9-10-18(27-3)19(11-15)28-4/h5-12H,13H2,1-4H3. The minimum absolute atomic E-state index is 0.665. The molecule has 0 spiro atoms. The quantitative estimate of drug-likeness (QED) is 0.369. The van der Waals surface area contributed by atoms with E-state index in [0.717, 1.165) is 33.0 Å². The van der Waals surface area contributed by atoms with Crippen LogP contribution in [-0.4, -0.2) is 34.0 Å². The number of thioether (sulfide) groups is 1. The summed E-state index contributed by atoms with van der Waals surface area (Å²) in [7, 11) is 5.21. The largest absolute Gasteiger partial charge is 0.493 e. The maximum Gasteiger partial charge on any atom is 0.191 e. The zero-order valence-electron chi connectivity index (χ0n) is 17.2. The number of aryl methyl sites for hydroxylation is 1. The number of methoxy groups -OCH3 is 2. The number of thiazole rings is 1. The van der Waals surface area contributed by atoms with Crippen molar-refractivity contribution in [3.8, 4) is 33.5 Å². The molecular formula is C22H22N4O2S2. The Balaban J connectivity index is 1.50. The molecule has 0 aliphatic carbocycles. The van der Waals surface area contributed by atoms with E-state index in [-0.39, 0.29) is 0 Å². The number of benzene rings is 2. The maximum absolute atomic E-state index is 5.40. The lowest BCUT2D eigenvalue weighted by Crippen LogP contribution is -1.96. The van der Waals surface area contributed by atoms with Crippen molar-refractivity contribution >= 4 is 23.1 Å². The second-order valence-electron chi connectivity index (χ2n) is 6.68. The first-order valence-electron chi connectivity index (χ1n) is 9.35. The van der Waals surface area contributed by atoms with Gasteiger partial charge in [-0.3, -0.25) is 0 Å². The van der Waals surface area contributed by atoms with E-state index in [9.17, 15) is 0 Å². The third kappa shape index (κ3) is 4.06. The zero-order valence-corrected chi connectivity index (χ0v) is 18.9. The van der Waals surface area contributed by atoms with Gasteiger partial charge in [0.05, 0.1) is 19.9 Å².